The Hall–Kier alpha value is -2.37. The van der Waals surface area contributed by atoms with Crippen LogP contribution >= 0.6 is 0 Å². The molecule has 1 aromatic rings. The lowest BCUT2D eigenvalue weighted by molar-refractivity contribution is -0.147. The van der Waals surface area contributed by atoms with Crippen LogP contribution in [0.15, 0.2) is 24.3 Å². The van der Waals surface area contributed by atoms with Gasteiger partial charge in [-0.25, -0.2) is 4.79 Å². The molecule has 2 aliphatic heterocycles. The Bertz CT molecular complexity index is 681. The molecule has 140 valence electrons. The van der Waals surface area contributed by atoms with Crippen molar-refractivity contribution in [1.29, 1.82) is 0 Å². The lowest BCUT2D eigenvalue weighted by atomic mass is 9.76. The number of hydrogen-bond donors (Lipinski definition) is 1. The Balaban J connectivity index is 1.66. The third-order valence-corrected chi connectivity index (χ3v) is 5.92. The molecule has 26 heavy (non-hydrogen) atoms. The van der Waals surface area contributed by atoms with Gasteiger partial charge in [-0.1, -0.05) is 19.1 Å². The molecule has 6 heteroatoms. The van der Waals surface area contributed by atoms with Crippen LogP contribution in [0.1, 0.15) is 49.0 Å². The Morgan fingerprint density at radius 2 is 1.77 bits per heavy atom. The van der Waals surface area contributed by atoms with Gasteiger partial charge in [-0.15, -0.1) is 0 Å². The smallest absolute Gasteiger partial charge is 0.326 e. The van der Waals surface area contributed by atoms with Crippen LogP contribution in [0.2, 0.25) is 0 Å². The van der Waals surface area contributed by atoms with Gasteiger partial charge >= 0.3 is 5.97 Å². The molecule has 2 fully saturated rings. The summed E-state index contributed by atoms with van der Waals surface area (Å²) < 4.78 is 0. The van der Waals surface area contributed by atoms with Crippen LogP contribution < -0.4 is 0 Å². The molecule has 1 aromatic carbocycles. The van der Waals surface area contributed by atoms with Gasteiger partial charge in [0.1, 0.15) is 6.04 Å². The summed E-state index contributed by atoms with van der Waals surface area (Å²) in [6.45, 7) is 5.19. The SMILES string of the molecule is CCc1ccc(C(=O)N2CCC3(CC2)CC(C(=O)O)N(C(C)=O)C3)cc1. The summed E-state index contributed by atoms with van der Waals surface area (Å²) >= 11 is 0. The molecule has 0 aromatic heterocycles. The number of carbonyl (C=O) groups excluding carboxylic acids is 2. The van der Waals surface area contributed by atoms with E-state index < -0.39 is 12.0 Å². The molecule has 1 atom stereocenters. The highest BCUT2D eigenvalue weighted by atomic mass is 16.4. The number of carboxylic acids is 1. The van der Waals surface area contributed by atoms with E-state index in [-0.39, 0.29) is 17.2 Å². The summed E-state index contributed by atoms with van der Waals surface area (Å²) in [5.41, 5.74) is 1.71. The fourth-order valence-corrected chi connectivity index (χ4v) is 4.22. The lowest BCUT2D eigenvalue weighted by Gasteiger charge is -2.39. The number of likely N-dealkylation sites (tertiary alicyclic amines) is 2. The molecule has 2 saturated heterocycles. The fourth-order valence-electron chi connectivity index (χ4n) is 4.22. The minimum absolute atomic E-state index is 0.0266. The summed E-state index contributed by atoms with van der Waals surface area (Å²) in [5.74, 6) is -1.10. The normalized spacial score (nSPS) is 21.8. The van der Waals surface area contributed by atoms with Gasteiger partial charge in [0.2, 0.25) is 5.91 Å². The molecule has 0 aliphatic carbocycles. The van der Waals surface area contributed by atoms with Crippen molar-refractivity contribution in [2.75, 3.05) is 19.6 Å². The van der Waals surface area contributed by atoms with Gasteiger partial charge in [0.05, 0.1) is 0 Å². The van der Waals surface area contributed by atoms with Crippen molar-refractivity contribution in [3.05, 3.63) is 35.4 Å². The van der Waals surface area contributed by atoms with E-state index in [0.29, 0.717) is 31.6 Å². The van der Waals surface area contributed by atoms with Crippen molar-refractivity contribution in [2.24, 2.45) is 5.41 Å². The number of piperidine rings is 1. The second-order valence-electron chi connectivity index (χ2n) is 7.55. The van der Waals surface area contributed by atoms with E-state index in [2.05, 4.69) is 6.92 Å². The van der Waals surface area contributed by atoms with Gasteiger partial charge in [0.15, 0.2) is 0 Å². The maximum atomic E-state index is 12.7. The second kappa shape index (κ2) is 7.09. The van der Waals surface area contributed by atoms with E-state index in [9.17, 15) is 19.5 Å². The van der Waals surface area contributed by atoms with Crippen LogP contribution in [0.3, 0.4) is 0 Å². The van der Waals surface area contributed by atoms with Crippen molar-refractivity contribution in [2.45, 2.75) is 45.6 Å². The maximum absolute atomic E-state index is 12.7. The van der Waals surface area contributed by atoms with E-state index in [4.69, 9.17) is 0 Å². The zero-order chi connectivity index (χ0) is 18.9. The third-order valence-electron chi connectivity index (χ3n) is 5.92. The fraction of sp³-hybridized carbons (Fsp3) is 0.550. The number of hydrogen-bond acceptors (Lipinski definition) is 3. The van der Waals surface area contributed by atoms with Crippen molar-refractivity contribution in [3.63, 3.8) is 0 Å². The quantitative estimate of drug-likeness (QED) is 0.898. The minimum Gasteiger partial charge on any atom is -0.480 e. The number of carboxylic acid groups (broad SMARTS) is 1. The molecule has 2 amide bonds. The molecular weight excluding hydrogens is 332 g/mol. The molecule has 2 aliphatic rings. The predicted molar refractivity (Wildman–Crippen MR) is 96.8 cm³/mol. The van der Waals surface area contributed by atoms with E-state index in [1.165, 1.54) is 17.4 Å². The van der Waals surface area contributed by atoms with Gasteiger partial charge in [0.25, 0.3) is 5.91 Å². The number of amides is 2. The van der Waals surface area contributed by atoms with Crippen molar-refractivity contribution >= 4 is 17.8 Å². The van der Waals surface area contributed by atoms with Crippen molar-refractivity contribution in [1.82, 2.24) is 9.80 Å². The van der Waals surface area contributed by atoms with E-state index >= 15 is 0 Å². The Morgan fingerprint density at radius 3 is 2.23 bits per heavy atom. The highest BCUT2D eigenvalue weighted by Gasteiger charge is 2.49. The standard InChI is InChI=1S/C20H26N2O4/c1-3-15-4-6-16(7-5-15)18(24)21-10-8-20(9-11-21)12-17(19(25)26)22(13-20)14(2)23/h4-7,17H,3,8-13H2,1-2H3,(H,25,26). The first-order valence-electron chi connectivity index (χ1n) is 9.23. The van der Waals surface area contributed by atoms with Crippen LogP contribution in [-0.2, 0) is 16.0 Å². The Morgan fingerprint density at radius 1 is 1.15 bits per heavy atom. The van der Waals surface area contributed by atoms with E-state index in [1.54, 1.807) is 0 Å². The van der Waals surface area contributed by atoms with Gasteiger partial charge in [-0.3, -0.25) is 9.59 Å². The molecular formula is C20H26N2O4. The average Bonchev–Trinajstić information content (AvgIpc) is 3.02. The zero-order valence-electron chi connectivity index (χ0n) is 15.4. The topological polar surface area (TPSA) is 77.9 Å². The first-order valence-corrected chi connectivity index (χ1v) is 9.23. The first kappa shape index (κ1) is 18.4. The molecule has 1 N–H and O–H groups in total. The summed E-state index contributed by atoms with van der Waals surface area (Å²) in [7, 11) is 0. The Kier molecular flexibility index (Phi) is 5.03. The number of aliphatic carboxylic acids is 1. The average molecular weight is 358 g/mol. The van der Waals surface area contributed by atoms with Gasteiger partial charge in [-0.05, 0) is 48.8 Å². The molecule has 6 nitrogen and oxygen atoms in total. The molecule has 1 unspecified atom stereocenters. The molecule has 1 spiro atoms. The molecule has 0 bridgehead atoms. The minimum atomic E-state index is -0.938. The number of aryl methyl sites for hydroxylation is 1. The number of benzene rings is 1. The summed E-state index contributed by atoms with van der Waals surface area (Å²) in [4.78, 5) is 39.3. The monoisotopic (exact) mass is 358 g/mol. The maximum Gasteiger partial charge on any atom is 0.326 e. The summed E-state index contributed by atoms with van der Waals surface area (Å²) in [5, 5.41) is 9.42. The van der Waals surface area contributed by atoms with Crippen LogP contribution in [0.4, 0.5) is 0 Å². The predicted octanol–water partition coefficient (Wildman–Crippen LogP) is 2.18. The molecule has 3 rings (SSSR count). The van der Waals surface area contributed by atoms with Crippen LogP contribution in [0.5, 0.6) is 0 Å². The summed E-state index contributed by atoms with van der Waals surface area (Å²) in [6.07, 6.45) is 2.89. The largest absolute Gasteiger partial charge is 0.480 e. The first-order chi connectivity index (χ1) is 12.3. The third kappa shape index (κ3) is 3.45. The van der Waals surface area contributed by atoms with E-state index in [1.807, 2.05) is 29.2 Å². The lowest BCUT2D eigenvalue weighted by Crippen LogP contribution is -2.44. The highest BCUT2D eigenvalue weighted by molar-refractivity contribution is 5.94. The number of nitrogens with zero attached hydrogens (tertiary/aromatic N) is 2. The summed E-state index contributed by atoms with van der Waals surface area (Å²) in [6, 6.07) is 6.98. The van der Waals surface area contributed by atoms with Gasteiger partial charge < -0.3 is 14.9 Å². The molecule has 0 radical (unpaired) electrons. The molecule has 2 heterocycles. The molecule has 0 saturated carbocycles. The van der Waals surface area contributed by atoms with Crippen LogP contribution in [0.25, 0.3) is 0 Å². The second-order valence-corrected chi connectivity index (χ2v) is 7.55. The van der Waals surface area contributed by atoms with Gasteiger partial charge in [-0.2, -0.15) is 0 Å². The highest BCUT2D eigenvalue weighted by Crippen LogP contribution is 2.43. The number of carbonyl (C=O) groups is 3. The van der Waals surface area contributed by atoms with Crippen molar-refractivity contribution in [3.8, 4) is 0 Å². The Labute approximate surface area is 153 Å². The van der Waals surface area contributed by atoms with Crippen molar-refractivity contribution < 1.29 is 19.5 Å². The van der Waals surface area contributed by atoms with E-state index in [0.717, 1.165) is 19.3 Å². The number of rotatable bonds is 3. The van der Waals surface area contributed by atoms with Crippen LogP contribution in [-0.4, -0.2) is 58.4 Å². The van der Waals surface area contributed by atoms with Crippen LogP contribution in [0, 0.1) is 5.41 Å². The zero-order valence-corrected chi connectivity index (χ0v) is 15.4. The van der Waals surface area contributed by atoms with Gasteiger partial charge in [0, 0.05) is 32.1 Å².